The summed E-state index contributed by atoms with van der Waals surface area (Å²) < 4.78 is 10.2. The molecule has 86 valence electrons. The summed E-state index contributed by atoms with van der Waals surface area (Å²) in [7, 11) is 3.26. The van der Waals surface area contributed by atoms with Gasteiger partial charge in [0, 0.05) is 27.0 Å². The lowest BCUT2D eigenvalue weighted by atomic mass is 10.3. The van der Waals surface area contributed by atoms with Gasteiger partial charge in [-0.15, -0.1) is 0 Å². The lowest BCUT2D eigenvalue weighted by molar-refractivity contribution is 0.0365. The van der Waals surface area contributed by atoms with E-state index < -0.39 is 0 Å². The van der Waals surface area contributed by atoms with Crippen LogP contribution >= 0.6 is 0 Å². The molecule has 1 rings (SSSR count). The molecule has 0 bridgehead atoms. The lowest BCUT2D eigenvalue weighted by Gasteiger charge is -2.15. The number of nitriles is 1. The fourth-order valence-corrected chi connectivity index (χ4v) is 1.21. The molecule has 1 atom stereocenters. The minimum Gasteiger partial charge on any atom is -0.382 e. The average molecular weight is 221 g/mol. The van der Waals surface area contributed by atoms with Crippen molar-refractivity contribution in [3.05, 3.63) is 23.9 Å². The van der Waals surface area contributed by atoms with Crippen LogP contribution in [-0.4, -0.2) is 38.5 Å². The van der Waals surface area contributed by atoms with Crippen molar-refractivity contribution in [2.75, 3.05) is 32.7 Å². The molecule has 0 spiro atoms. The number of rotatable bonds is 6. The minimum absolute atomic E-state index is 0.0301. The molecule has 1 aromatic heterocycles. The molecular formula is C11H15N3O2. The van der Waals surface area contributed by atoms with Gasteiger partial charge in [0.15, 0.2) is 0 Å². The Morgan fingerprint density at radius 2 is 2.38 bits per heavy atom. The van der Waals surface area contributed by atoms with Crippen LogP contribution in [0.15, 0.2) is 18.3 Å². The predicted molar refractivity (Wildman–Crippen MR) is 60.1 cm³/mol. The van der Waals surface area contributed by atoms with Gasteiger partial charge in [0.05, 0.1) is 24.3 Å². The number of nitrogens with one attached hydrogen (secondary N) is 1. The minimum atomic E-state index is -0.0301. The highest BCUT2D eigenvalue weighted by molar-refractivity contribution is 5.42. The number of hydrogen-bond acceptors (Lipinski definition) is 5. The highest BCUT2D eigenvalue weighted by Crippen LogP contribution is 2.05. The van der Waals surface area contributed by atoms with Crippen LogP contribution in [0.25, 0.3) is 0 Å². The molecule has 1 heterocycles. The van der Waals surface area contributed by atoms with Gasteiger partial charge in [0.1, 0.15) is 5.82 Å². The first-order valence-electron chi connectivity index (χ1n) is 4.92. The number of hydrogen-bond donors (Lipinski definition) is 1. The molecule has 0 fully saturated rings. The van der Waals surface area contributed by atoms with Gasteiger partial charge in [-0.1, -0.05) is 0 Å². The van der Waals surface area contributed by atoms with Crippen molar-refractivity contribution < 1.29 is 9.47 Å². The van der Waals surface area contributed by atoms with Crippen molar-refractivity contribution >= 4 is 5.82 Å². The van der Waals surface area contributed by atoms with Crippen LogP contribution in [0.5, 0.6) is 0 Å². The van der Waals surface area contributed by atoms with E-state index in [9.17, 15) is 0 Å². The Morgan fingerprint density at radius 3 is 3.00 bits per heavy atom. The van der Waals surface area contributed by atoms with Crippen LogP contribution in [0.3, 0.4) is 0 Å². The number of methoxy groups -OCH3 is 2. The zero-order chi connectivity index (χ0) is 11.8. The molecule has 1 aromatic rings. The van der Waals surface area contributed by atoms with E-state index >= 15 is 0 Å². The van der Waals surface area contributed by atoms with Crippen molar-refractivity contribution in [3.8, 4) is 6.07 Å². The SMILES string of the molecule is COCC(CNc1cc(C#N)ccn1)OC. The van der Waals surface area contributed by atoms with Crippen molar-refractivity contribution in [1.29, 1.82) is 5.26 Å². The topological polar surface area (TPSA) is 67.2 Å². The molecule has 16 heavy (non-hydrogen) atoms. The lowest BCUT2D eigenvalue weighted by Crippen LogP contribution is -2.26. The highest BCUT2D eigenvalue weighted by atomic mass is 16.5. The van der Waals surface area contributed by atoms with Gasteiger partial charge in [-0.3, -0.25) is 0 Å². The van der Waals surface area contributed by atoms with E-state index in [1.807, 2.05) is 0 Å². The van der Waals surface area contributed by atoms with Crippen molar-refractivity contribution in [2.45, 2.75) is 6.10 Å². The van der Waals surface area contributed by atoms with Crippen LogP contribution in [0, 0.1) is 11.3 Å². The van der Waals surface area contributed by atoms with E-state index in [2.05, 4.69) is 16.4 Å². The Labute approximate surface area is 95.0 Å². The first kappa shape index (κ1) is 12.4. The number of pyridine rings is 1. The summed E-state index contributed by atoms with van der Waals surface area (Å²) in [5, 5.41) is 11.8. The van der Waals surface area contributed by atoms with Crippen LogP contribution in [0.1, 0.15) is 5.56 Å². The molecule has 0 saturated heterocycles. The van der Waals surface area contributed by atoms with Crippen LogP contribution in [0.2, 0.25) is 0 Å². The zero-order valence-corrected chi connectivity index (χ0v) is 9.43. The maximum Gasteiger partial charge on any atom is 0.127 e. The second-order valence-corrected chi connectivity index (χ2v) is 3.24. The van der Waals surface area contributed by atoms with Gasteiger partial charge in [0.2, 0.25) is 0 Å². The summed E-state index contributed by atoms with van der Waals surface area (Å²) in [5.74, 6) is 0.664. The predicted octanol–water partition coefficient (Wildman–Crippen LogP) is 1.03. The zero-order valence-electron chi connectivity index (χ0n) is 9.43. The fourth-order valence-electron chi connectivity index (χ4n) is 1.21. The van der Waals surface area contributed by atoms with E-state index in [0.29, 0.717) is 24.5 Å². The van der Waals surface area contributed by atoms with Gasteiger partial charge in [-0.05, 0) is 12.1 Å². The molecule has 0 aliphatic heterocycles. The van der Waals surface area contributed by atoms with Gasteiger partial charge >= 0.3 is 0 Å². The van der Waals surface area contributed by atoms with Crippen LogP contribution in [0.4, 0.5) is 5.82 Å². The molecule has 0 saturated carbocycles. The third-order valence-corrected chi connectivity index (χ3v) is 2.09. The highest BCUT2D eigenvalue weighted by Gasteiger charge is 2.06. The van der Waals surface area contributed by atoms with E-state index in [1.165, 1.54) is 0 Å². The average Bonchev–Trinajstić information content (AvgIpc) is 2.34. The summed E-state index contributed by atoms with van der Waals surface area (Å²) in [6.45, 7) is 1.10. The molecule has 0 amide bonds. The number of ether oxygens (including phenoxy) is 2. The van der Waals surface area contributed by atoms with Crippen molar-refractivity contribution in [1.82, 2.24) is 4.98 Å². The smallest absolute Gasteiger partial charge is 0.127 e. The Morgan fingerprint density at radius 1 is 1.56 bits per heavy atom. The largest absolute Gasteiger partial charge is 0.382 e. The molecule has 0 radical (unpaired) electrons. The molecule has 1 unspecified atom stereocenters. The Balaban J connectivity index is 2.50. The maximum absolute atomic E-state index is 8.72. The number of aromatic nitrogens is 1. The second-order valence-electron chi connectivity index (χ2n) is 3.24. The Kier molecular flexibility index (Phi) is 5.26. The second kappa shape index (κ2) is 6.77. The van der Waals surface area contributed by atoms with E-state index in [4.69, 9.17) is 14.7 Å². The van der Waals surface area contributed by atoms with Crippen molar-refractivity contribution in [2.24, 2.45) is 0 Å². The first-order valence-corrected chi connectivity index (χ1v) is 4.92. The summed E-state index contributed by atoms with van der Waals surface area (Å²) >= 11 is 0. The number of anilines is 1. The molecule has 5 heteroatoms. The number of nitrogens with zero attached hydrogens (tertiary/aromatic N) is 2. The van der Waals surface area contributed by atoms with Crippen LogP contribution < -0.4 is 5.32 Å². The van der Waals surface area contributed by atoms with Gasteiger partial charge in [0.25, 0.3) is 0 Å². The molecule has 1 N–H and O–H groups in total. The molecule has 0 aromatic carbocycles. The third-order valence-electron chi connectivity index (χ3n) is 2.09. The molecule has 0 aliphatic carbocycles. The van der Waals surface area contributed by atoms with E-state index in [0.717, 1.165) is 0 Å². The normalized spacial score (nSPS) is 11.8. The fraction of sp³-hybridized carbons (Fsp3) is 0.455. The summed E-state index contributed by atoms with van der Waals surface area (Å²) in [6.07, 6.45) is 1.57. The van der Waals surface area contributed by atoms with Gasteiger partial charge in [-0.2, -0.15) is 5.26 Å². The van der Waals surface area contributed by atoms with E-state index in [-0.39, 0.29) is 6.10 Å². The van der Waals surface area contributed by atoms with Crippen molar-refractivity contribution in [3.63, 3.8) is 0 Å². The van der Waals surface area contributed by atoms with Gasteiger partial charge in [-0.25, -0.2) is 4.98 Å². The summed E-state index contributed by atoms with van der Waals surface area (Å²) in [5.41, 5.74) is 0.582. The monoisotopic (exact) mass is 221 g/mol. The third kappa shape index (κ3) is 3.85. The van der Waals surface area contributed by atoms with E-state index in [1.54, 1.807) is 32.5 Å². The molecule has 5 nitrogen and oxygen atoms in total. The quantitative estimate of drug-likeness (QED) is 0.777. The molecular weight excluding hydrogens is 206 g/mol. The summed E-state index contributed by atoms with van der Waals surface area (Å²) in [4.78, 5) is 4.10. The standard InChI is InChI=1S/C11H15N3O2/c1-15-8-10(16-2)7-14-11-5-9(6-12)3-4-13-11/h3-5,10H,7-8H2,1-2H3,(H,13,14). The molecule has 0 aliphatic rings. The van der Waals surface area contributed by atoms with Crippen LogP contribution in [-0.2, 0) is 9.47 Å². The maximum atomic E-state index is 8.72. The Bertz CT molecular complexity index is 362. The Hall–Kier alpha value is -1.64. The van der Waals surface area contributed by atoms with Gasteiger partial charge < -0.3 is 14.8 Å². The first-order chi connectivity index (χ1) is 7.80. The summed E-state index contributed by atoms with van der Waals surface area (Å²) in [6, 6.07) is 5.41.